The van der Waals surface area contributed by atoms with E-state index in [0.717, 1.165) is 6.07 Å². The van der Waals surface area contributed by atoms with Crippen LogP contribution in [0.5, 0.6) is 5.75 Å². The summed E-state index contributed by atoms with van der Waals surface area (Å²) in [5.74, 6) is 0.186. The molecule has 3 rings (SSSR count). The van der Waals surface area contributed by atoms with Crippen molar-refractivity contribution < 1.29 is 22.3 Å². The molecule has 0 aliphatic heterocycles. The van der Waals surface area contributed by atoms with Crippen LogP contribution in [0.4, 0.5) is 17.6 Å². The van der Waals surface area contributed by atoms with Gasteiger partial charge < -0.3 is 4.74 Å². The second kappa shape index (κ2) is 5.53. The number of benzene rings is 1. The van der Waals surface area contributed by atoms with Crippen molar-refractivity contribution in [3.63, 3.8) is 0 Å². The van der Waals surface area contributed by atoms with Crippen molar-refractivity contribution >= 4 is 5.65 Å². The summed E-state index contributed by atoms with van der Waals surface area (Å²) in [5.41, 5.74) is -1.16. The largest absolute Gasteiger partial charge is 0.483 e. The Morgan fingerprint density at radius 2 is 1.78 bits per heavy atom. The van der Waals surface area contributed by atoms with Crippen LogP contribution in [0.1, 0.15) is 24.4 Å². The van der Waals surface area contributed by atoms with Crippen LogP contribution in [0.15, 0.2) is 42.6 Å². The fourth-order valence-electron chi connectivity index (χ4n) is 2.20. The maximum Gasteiger partial charge on any atom is 0.420 e. The van der Waals surface area contributed by atoms with Crippen molar-refractivity contribution in [2.45, 2.75) is 19.2 Å². The number of nitrogens with zero attached hydrogens (tertiary/aromatic N) is 3. The van der Waals surface area contributed by atoms with Gasteiger partial charge in [0.25, 0.3) is 0 Å². The highest BCUT2D eigenvalue weighted by molar-refractivity contribution is 5.49. The molecule has 2 aromatic heterocycles. The van der Waals surface area contributed by atoms with Crippen molar-refractivity contribution in [1.82, 2.24) is 14.6 Å². The molecule has 0 aliphatic carbocycles. The highest BCUT2D eigenvalue weighted by Gasteiger charge is 2.34. The Balaban J connectivity index is 1.95. The zero-order valence-electron chi connectivity index (χ0n) is 11.9. The lowest BCUT2D eigenvalue weighted by atomic mass is 10.2. The SMILES string of the molecule is C[C@@H](Oc1ccc(F)cc1)c1nnc2c(C(F)(F)F)cccn12. The van der Waals surface area contributed by atoms with Gasteiger partial charge in [0.05, 0.1) is 0 Å². The van der Waals surface area contributed by atoms with Crippen LogP contribution in [-0.2, 0) is 6.18 Å². The summed E-state index contributed by atoms with van der Waals surface area (Å²) in [6.07, 6.45) is -3.75. The van der Waals surface area contributed by atoms with Gasteiger partial charge in [0.15, 0.2) is 17.6 Å². The molecular formula is C15H11F4N3O. The van der Waals surface area contributed by atoms with Gasteiger partial charge in [-0.2, -0.15) is 13.2 Å². The summed E-state index contributed by atoms with van der Waals surface area (Å²) in [7, 11) is 0. The van der Waals surface area contributed by atoms with Crippen LogP contribution in [0, 0.1) is 5.82 Å². The number of ether oxygens (including phenoxy) is 1. The lowest BCUT2D eigenvalue weighted by Gasteiger charge is -2.13. The van der Waals surface area contributed by atoms with Crippen molar-refractivity contribution in [2.24, 2.45) is 0 Å². The topological polar surface area (TPSA) is 39.4 Å². The van der Waals surface area contributed by atoms with Crippen LogP contribution in [0.3, 0.4) is 0 Å². The molecule has 0 saturated carbocycles. The van der Waals surface area contributed by atoms with E-state index in [0.29, 0.717) is 5.75 Å². The van der Waals surface area contributed by atoms with Gasteiger partial charge in [0, 0.05) is 6.20 Å². The molecule has 0 saturated heterocycles. The summed E-state index contributed by atoms with van der Waals surface area (Å²) in [4.78, 5) is 0. The predicted octanol–water partition coefficient (Wildman–Crippen LogP) is 4.03. The summed E-state index contributed by atoms with van der Waals surface area (Å²) in [5, 5.41) is 7.41. The van der Waals surface area contributed by atoms with E-state index in [1.54, 1.807) is 6.92 Å². The number of halogens is 4. The third-order valence-electron chi connectivity index (χ3n) is 3.26. The zero-order chi connectivity index (χ0) is 16.6. The summed E-state index contributed by atoms with van der Waals surface area (Å²) < 4.78 is 58.6. The third kappa shape index (κ3) is 2.96. The number of aromatic nitrogens is 3. The van der Waals surface area contributed by atoms with Gasteiger partial charge in [-0.3, -0.25) is 4.40 Å². The molecule has 0 fully saturated rings. The lowest BCUT2D eigenvalue weighted by Crippen LogP contribution is -2.10. The molecule has 0 bridgehead atoms. The third-order valence-corrected chi connectivity index (χ3v) is 3.26. The van der Waals surface area contributed by atoms with E-state index in [1.807, 2.05) is 0 Å². The highest BCUT2D eigenvalue weighted by atomic mass is 19.4. The number of fused-ring (bicyclic) bond motifs is 1. The molecule has 4 nitrogen and oxygen atoms in total. The highest BCUT2D eigenvalue weighted by Crippen LogP contribution is 2.32. The van der Waals surface area contributed by atoms with Gasteiger partial charge in [0.2, 0.25) is 0 Å². The Kier molecular flexibility index (Phi) is 3.67. The van der Waals surface area contributed by atoms with Crippen LogP contribution >= 0.6 is 0 Å². The van der Waals surface area contributed by atoms with Crippen molar-refractivity contribution in [3.8, 4) is 5.75 Å². The Labute approximate surface area is 128 Å². The van der Waals surface area contributed by atoms with Gasteiger partial charge in [-0.15, -0.1) is 10.2 Å². The minimum atomic E-state index is -4.52. The molecule has 0 unspecified atom stereocenters. The lowest BCUT2D eigenvalue weighted by molar-refractivity contribution is -0.136. The van der Waals surface area contributed by atoms with Gasteiger partial charge in [-0.05, 0) is 43.3 Å². The van der Waals surface area contributed by atoms with Crippen molar-refractivity contribution in [2.75, 3.05) is 0 Å². The number of alkyl halides is 3. The minimum absolute atomic E-state index is 0.218. The van der Waals surface area contributed by atoms with E-state index in [9.17, 15) is 17.6 Å². The van der Waals surface area contributed by atoms with Crippen LogP contribution in [0.25, 0.3) is 5.65 Å². The quantitative estimate of drug-likeness (QED) is 0.683. The van der Waals surface area contributed by atoms with Crippen molar-refractivity contribution in [1.29, 1.82) is 0 Å². The molecule has 3 aromatic rings. The molecule has 2 heterocycles. The number of pyridine rings is 1. The second-order valence-electron chi connectivity index (χ2n) is 4.89. The summed E-state index contributed by atoms with van der Waals surface area (Å²) in [6, 6.07) is 7.52. The molecule has 0 N–H and O–H groups in total. The summed E-state index contributed by atoms with van der Waals surface area (Å²) in [6.45, 7) is 1.63. The normalized spacial score (nSPS) is 13.3. The molecule has 120 valence electrons. The van der Waals surface area contributed by atoms with Crippen LogP contribution < -0.4 is 4.74 Å². The van der Waals surface area contributed by atoms with E-state index in [2.05, 4.69) is 10.2 Å². The molecule has 23 heavy (non-hydrogen) atoms. The summed E-state index contributed by atoms with van der Waals surface area (Å²) >= 11 is 0. The Hall–Kier alpha value is -2.64. The van der Waals surface area contributed by atoms with E-state index >= 15 is 0 Å². The Bertz CT molecular complexity index is 827. The van der Waals surface area contributed by atoms with E-state index in [-0.39, 0.29) is 11.5 Å². The first-order chi connectivity index (χ1) is 10.9. The molecular weight excluding hydrogens is 314 g/mol. The van der Waals surface area contributed by atoms with Gasteiger partial charge in [-0.25, -0.2) is 4.39 Å². The van der Waals surface area contributed by atoms with Gasteiger partial charge >= 0.3 is 6.18 Å². The number of rotatable bonds is 3. The van der Waals surface area contributed by atoms with Crippen LogP contribution in [-0.4, -0.2) is 14.6 Å². The van der Waals surface area contributed by atoms with Gasteiger partial charge in [0.1, 0.15) is 17.1 Å². The van der Waals surface area contributed by atoms with Crippen LogP contribution in [0.2, 0.25) is 0 Å². The second-order valence-corrected chi connectivity index (χ2v) is 4.89. The average Bonchev–Trinajstić information content (AvgIpc) is 2.92. The monoisotopic (exact) mass is 325 g/mol. The van der Waals surface area contributed by atoms with E-state index in [1.165, 1.54) is 40.9 Å². The predicted molar refractivity (Wildman–Crippen MR) is 73.4 cm³/mol. The Morgan fingerprint density at radius 3 is 2.43 bits per heavy atom. The molecule has 1 atom stereocenters. The average molecular weight is 325 g/mol. The molecule has 8 heteroatoms. The molecule has 0 radical (unpaired) electrons. The number of hydrogen-bond acceptors (Lipinski definition) is 3. The fourth-order valence-corrected chi connectivity index (χ4v) is 2.20. The molecule has 0 spiro atoms. The molecule has 0 aliphatic rings. The minimum Gasteiger partial charge on any atom is -0.483 e. The molecule has 1 aromatic carbocycles. The number of hydrogen-bond donors (Lipinski definition) is 0. The molecule has 0 amide bonds. The zero-order valence-corrected chi connectivity index (χ0v) is 11.9. The fraction of sp³-hybridized carbons (Fsp3) is 0.200. The maximum absolute atomic E-state index is 13.0. The Morgan fingerprint density at radius 1 is 1.09 bits per heavy atom. The van der Waals surface area contributed by atoms with E-state index in [4.69, 9.17) is 4.74 Å². The maximum atomic E-state index is 13.0. The first kappa shape index (κ1) is 15.3. The van der Waals surface area contributed by atoms with Crippen molar-refractivity contribution in [3.05, 3.63) is 59.8 Å². The first-order valence-corrected chi connectivity index (χ1v) is 6.69. The standard InChI is InChI=1S/C15H11F4N3O/c1-9(23-11-6-4-10(16)5-7-11)13-20-21-14-12(15(17,18)19)3-2-8-22(13)14/h2-9H,1H3/t9-/m1/s1. The van der Waals surface area contributed by atoms with E-state index < -0.39 is 23.7 Å². The first-order valence-electron chi connectivity index (χ1n) is 6.69. The van der Waals surface area contributed by atoms with Gasteiger partial charge in [-0.1, -0.05) is 0 Å². The smallest absolute Gasteiger partial charge is 0.420 e.